The van der Waals surface area contributed by atoms with E-state index in [-0.39, 0.29) is 11.0 Å². The van der Waals surface area contributed by atoms with E-state index in [1.54, 1.807) is 0 Å². The summed E-state index contributed by atoms with van der Waals surface area (Å²) < 4.78 is 6.04. The Morgan fingerprint density at radius 1 is 1.13 bits per heavy atom. The van der Waals surface area contributed by atoms with Crippen LogP contribution in [-0.2, 0) is 5.41 Å². The molecule has 0 saturated carbocycles. The van der Waals surface area contributed by atoms with Crippen LogP contribution in [0.3, 0.4) is 0 Å². The maximum atomic E-state index is 6.04. The van der Waals surface area contributed by atoms with Gasteiger partial charge in [-0.05, 0) is 49.8 Å². The number of hydrogen-bond donors (Lipinski definition) is 0. The molecule has 0 N–H and O–H groups in total. The van der Waals surface area contributed by atoms with E-state index < -0.39 is 0 Å². The molecule has 1 aromatic carbocycles. The average molecular weight is 204 g/mol. The van der Waals surface area contributed by atoms with Gasteiger partial charge in [0.2, 0.25) is 0 Å². The van der Waals surface area contributed by atoms with Gasteiger partial charge in [0.1, 0.15) is 11.4 Å². The highest BCUT2D eigenvalue weighted by Crippen LogP contribution is 2.44. The number of fused-ring (bicyclic) bond motifs is 1. The van der Waals surface area contributed by atoms with Crippen molar-refractivity contribution < 1.29 is 4.74 Å². The summed E-state index contributed by atoms with van der Waals surface area (Å²) in [6.07, 6.45) is 1.07. The lowest BCUT2D eigenvalue weighted by atomic mass is 9.73. The lowest BCUT2D eigenvalue weighted by molar-refractivity contribution is 0.0533. The highest BCUT2D eigenvalue weighted by molar-refractivity contribution is 5.44. The number of rotatable bonds is 0. The Morgan fingerprint density at radius 2 is 1.80 bits per heavy atom. The first-order valence-corrected chi connectivity index (χ1v) is 5.60. The van der Waals surface area contributed by atoms with Crippen molar-refractivity contribution in [2.24, 2.45) is 0 Å². The molecule has 1 nitrogen and oxygen atoms in total. The normalized spacial score (nSPS) is 21.7. The van der Waals surface area contributed by atoms with E-state index in [4.69, 9.17) is 4.74 Å². The first kappa shape index (κ1) is 10.5. The molecule has 0 bridgehead atoms. The van der Waals surface area contributed by atoms with Gasteiger partial charge in [0.15, 0.2) is 0 Å². The topological polar surface area (TPSA) is 9.23 Å². The van der Waals surface area contributed by atoms with Crippen molar-refractivity contribution in [2.75, 3.05) is 0 Å². The van der Waals surface area contributed by atoms with Crippen molar-refractivity contribution in [3.63, 3.8) is 0 Å². The Labute approximate surface area is 92.5 Å². The summed E-state index contributed by atoms with van der Waals surface area (Å²) in [5.74, 6) is 1.07. The van der Waals surface area contributed by atoms with E-state index in [1.165, 1.54) is 11.1 Å². The average Bonchev–Trinajstić information content (AvgIpc) is 1.97. The Morgan fingerprint density at radius 3 is 2.47 bits per heavy atom. The zero-order valence-electron chi connectivity index (χ0n) is 10.3. The summed E-state index contributed by atoms with van der Waals surface area (Å²) in [5.41, 5.74) is 2.77. The summed E-state index contributed by atoms with van der Waals surface area (Å²) >= 11 is 0. The summed E-state index contributed by atoms with van der Waals surface area (Å²) in [4.78, 5) is 0. The SMILES string of the molecule is Cc1ccc2c(c1)OC(C)(C)CC2(C)C. The zero-order valence-corrected chi connectivity index (χ0v) is 10.3. The van der Waals surface area contributed by atoms with E-state index in [1.807, 2.05) is 0 Å². The largest absolute Gasteiger partial charge is 0.488 e. The minimum absolute atomic E-state index is 0.0513. The van der Waals surface area contributed by atoms with E-state index in [2.05, 4.69) is 52.8 Å². The van der Waals surface area contributed by atoms with Gasteiger partial charge in [-0.2, -0.15) is 0 Å². The Kier molecular flexibility index (Phi) is 2.11. The standard InChI is InChI=1S/C14H20O/c1-10-6-7-11-12(8-10)15-14(4,5)9-13(11,2)3/h6-8H,9H2,1-5H3. The molecule has 0 saturated heterocycles. The van der Waals surface area contributed by atoms with Gasteiger partial charge < -0.3 is 4.74 Å². The van der Waals surface area contributed by atoms with Crippen LogP contribution in [0, 0.1) is 6.92 Å². The van der Waals surface area contributed by atoms with Crippen molar-refractivity contribution in [2.45, 2.75) is 52.1 Å². The van der Waals surface area contributed by atoms with Crippen LogP contribution in [-0.4, -0.2) is 5.60 Å². The Balaban J connectivity index is 2.55. The third-order valence-electron chi connectivity index (χ3n) is 3.12. The van der Waals surface area contributed by atoms with Crippen molar-refractivity contribution in [3.8, 4) is 5.75 Å². The lowest BCUT2D eigenvalue weighted by Gasteiger charge is -2.42. The summed E-state index contributed by atoms with van der Waals surface area (Å²) in [7, 11) is 0. The molecule has 15 heavy (non-hydrogen) atoms. The molecule has 1 aromatic rings. The summed E-state index contributed by atoms with van der Waals surface area (Å²) in [6.45, 7) is 11.0. The fourth-order valence-electron chi connectivity index (χ4n) is 2.77. The second kappa shape index (κ2) is 3.01. The van der Waals surface area contributed by atoms with Crippen molar-refractivity contribution in [3.05, 3.63) is 29.3 Å². The molecule has 0 unspecified atom stereocenters. The second-order valence-electron chi connectivity index (χ2n) is 5.92. The molecule has 0 aliphatic carbocycles. The van der Waals surface area contributed by atoms with E-state index in [9.17, 15) is 0 Å². The van der Waals surface area contributed by atoms with E-state index >= 15 is 0 Å². The van der Waals surface area contributed by atoms with Crippen LogP contribution in [0.25, 0.3) is 0 Å². The lowest BCUT2D eigenvalue weighted by Crippen LogP contribution is -2.41. The highest BCUT2D eigenvalue weighted by atomic mass is 16.5. The van der Waals surface area contributed by atoms with Crippen LogP contribution in [0.1, 0.15) is 45.2 Å². The maximum Gasteiger partial charge on any atom is 0.124 e. The number of benzene rings is 1. The van der Waals surface area contributed by atoms with Gasteiger partial charge in [0.05, 0.1) is 0 Å². The van der Waals surface area contributed by atoms with Crippen molar-refractivity contribution in [1.29, 1.82) is 0 Å². The van der Waals surface area contributed by atoms with Crippen LogP contribution in [0.4, 0.5) is 0 Å². The molecule has 0 fully saturated rings. The van der Waals surface area contributed by atoms with E-state index in [0.717, 1.165) is 12.2 Å². The Hall–Kier alpha value is -0.980. The van der Waals surface area contributed by atoms with Gasteiger partial charge in [0, 0.05) is 0 Å². The van der Waals surface area contributed by atoms with Crippen LogP contribution < -0.4 is 4.74 Å². The minimum atomic E-state index is -0.0513. The molecule has 82 valence electrons. The zero-order chi connectivity index (χ0) is 11.3. The van der Waals surface area contributed by atoms with Gasteiger partial charge in [-0.25, -0.2) is 0 Å². The highest BCUT2D eigenvalue weighted by Gasteiger charge is 2.38. The third kappa shape index (κ3) is 1.88. The van der Waals surface area contributed by atoms with Crippen molar-refractivity contribution >= 4 is 0 Å². The van der Waals surface area contributed by atoms with Crippen LogP contribution in [0.15, 0.2) is 18.2 Å². The molecule has 0 aromatic heterocycles. The molecule has 0 atom stereocenters. The smallest absolute Gasteiger partial charge is 0.124 e. The molecule has 1 heteroatoms. The molecule has 0 radical (unpaired) electrons. The van der Waals surface area contributed by atoms with Crippen LogP contribution >= 0.6 is 0 Å². The van der Waals surface area contributed by atoms with Crippen LogP contribution in [0.5, 0.6) is 5.75 Å². The third-order valence-corrected chi connectivity index (χ3v) is 3.12. The molecular weight excluding hydrogens is 184 g/mol. The van der Waals surface area contributed by atoms with Crippen molar-refractivity contribution in [1.82, 2.24) is 0 Å². The fraction of sp³-hybridized carbons (Fsp3) is 0.571. The first-order valence-electron chi connectivity index (χ1n) is 5.60. The van der Waals surface area contributed by atoms with Gasteiger partial charge >= 0.3 is 0 Å². The molecule has 2 rings (SSSR count). The minimum Gasteiger partial charge on any atom is -0.488 e. The predicted molar refractivity (Wildman–Crippen MR) is 63.5 cm³/mol. The van der Waals surface area contributed by atoms with Gasteiger partial charge in [-0.1, -0.05) is 26.0 Å². The molecular formula is C14H20O. The molecule has 1 aliphatic heterocycles. The van der Waals surface area contributed by atoms with Gasteiger partial charge in [-0.3, -0.25) is 0 Å². The molecule has 0 amide bonds. The number of aryl methyl sites for hydroxylation is 1. The predicted octanol–water partition coefficient (Wildman–Crippen LogP) is 3.83. The van der Waals surface area contributed by atoms with Gasteiger partial charge in [-0.15, -0.1) is 0 Å². The monoisotopic (exact) mass is 204 g/mol. The fourth-order valence-corrected chi connectivity index (χ4v) is 2.77. The van der Waals surface area contributed by atoms with Crippen LogP contribution in [0.2, 0.25) is 0 Å². The molecule has 1 aliphatic rings. The Bertz CT molecular complexity index is 388. The van der Waals surface area contributed by atoms with Gasteiger partial charge in [0.25, 0.3) is 0 Å². The number of ether oxygens (including phenoxy) is 1. The molecule has 1 heterocycles. The summed E-state index contributed by atoms with van der Waals surface area (Å²) in [6, 6.07) is 6.53. The van der Waals surface area contributed by atoms with E-state index in [0.29, 0.717) is 0 Å². The number of hydrogen-bond acceptors (Lipinski definition) is 1. The maximum absolute atomic E-state index is 6.04. The second-order valence-corrected chi connectivity index (χ2v) is 5.92. The molecule has 0 spiro atoms. The summed E-state index contributed by atoms with van der Waals surface area (Å²) in [5, 5.41) is 0. The quantitative estimate of drug-likeness (QED) is 0.624. The first-order chi connectivity index (χ1) is 6.80.